The quantitative estimate of drug-likeness (QED) is 0.578. The number of benzene rings is 1. The number of carbonyl (C=O) groups excluding carboxylic acids is 1. The van der Waals surface area contributed by atoms with Crippen molar-refractivity contribution in [3.63, 3.8) is 0 Å². The number of para-hydroxylation sites is 1. The summed E-state index contributed by atoms with van der Waals surface area (Å²) in [5.41, 5.74) is 3.07. The predicted octanol–water partition coefficient (Wildman–Crippen LogP) is 5.11. The van der Waals surface area contributed by atoms with Gasteiger partial charge in [0.2, 0.25) is 0 Å². The highest BCUT2D eigenvalue weighted by molar-refractivity contribution is 6.39. The van der Waals surface area contributed by atoms with Gasteiger partial charge in [-0.3, -0.25) is 14.7 Å². The van der Waals surface area contributed by atoms with Crippen molar-refractivity contribution in [2.45, 2.75) is 38.1 Å². The molecule has 0 N–H and O–H groups in total. The van der Waals surface area contributed by atoms with Crippen LogP contribution < -0.4 is 4.90 Å². The fraction of sp³-hybridized carbons (Fsp3) is 0.500. The van der Waals surface area contributed by atoms with Crippen LogP contribution in [-0.2, 0) is 15.1 Å². The van der Waals surface area contributed by atoms with Gasteiger partial charge in [-0.15, -0.1) is 0 Å². The summed E-state index contributed by atoms with van der Waals surface area (Å²) in [7, 11) is 1.47. The molecule has 2 aromatic rings. The van der Waals surface area contributed by atoms with E-state index in [1.807, 2.05) is 24.4 Å². The molecule has 2 fully saturated rings. The molecular formula is C24H29Cl2N3O2. The Labute approximate surface area is 194 Å². The van der Waals surface area contributed by atoms with E-state index in [0.29, 0.717) is 16.0 Å². The Morgan fingerprint density at radius 1 is 1.10 bits per heavy atom. The highest BCUT2D eigenvalue weighted by Gasteiger charge is 2.36. The molecule has 3 heterocycles. The maximum atomic E-state index is 11.8. The first-order valence-corrected chi connectivity index (χ1v) is 11.5. The number of rotatable bonds is 5. The van der Waals surface area contributed by atoms with Gasteiger partial charge >= 0.3 is 5.97 Å². The molecule has 2 saturated heterocycles. The maximum absolute atomic E-state index is 11.8. The Kier molecular flexibility index (Phi) is 6.47. The van der Waals surface area contributed by atoms with Crippen LogP contribution in [0.15, 0.2) is 36.5 Å². The van der Waals surface area contributed by atoms with Gasteiger partial charge in [0.05, 0.1) is 28.8 Å². The Balaban J connectivity index is 1.38. The number of hydrogen-bond donors (Lipinski definition) is 0. The zero-order chi connectivity index (χ0) is 22.2. The van der Waals surface area contributed by atoms with Gasteiger partial charge in [-0.05, 0) is 63.5 Å². The molecule has 5 nitrogen and oxygen atoms in total. The number of carbonyl (C=O) groups is 1. The Morgan fingerprint density at radius 2 is 1.74 bits per heavy atom. The van der Waals surface area contributed by atoms with E-state index in [1.54, 1.807) is 0 Å². The number of esters is 1. The van der Waals surface area contributed by atoms with E-state index in [9.17, 15) is 4.79 Å². The topological polar surface area (TPSA) is 45.7 Å². The first-order valence-electron chi connectivity index (χ1n) is 10.8. The lowest BCUT2D eigenvalue weighted by Gasteiger charge is -2.43. The van der Waals surface area contributed by atoms with Gasteiger partial charge in [0.25, 0.3) is 0 Å². The fourth-order valence-corrected chi connectivity index (χ4v) is 5.31. The smallest absolute Gasteiger partial charge is 0.308 e. The van der Waals surface area contributed by atoms with Crippen LogP contribution in [0, 0.1) is 5.92 Å². The van der Waals surface area contributed by atoms with Gasteiger partial charge in [0.15, 0.2) is 0 Å². The highest BCUT2D eigenvalue weighted by Crippen LogP contribution is 2.40. The Hall–Kier alpha value is -1.82. The number of ether oxygens (including phenoxy) is 1. The van der Waals surface area contributed by atoms with E-state index >= 15 is 0 Å². The van der Waals surface area contributed by atoms with E-state index in [1.165, 1.54) is 12.7 Å². The number of methoxy groups -OCH3 is 1. The molecule has 1 aromatic heterocycles. The molecule has 31 heavy (non-hydrogen) atoms. The number of piperidine rings is 1. The Bertz CT molecular complexity index is 914. The van der Waals surface area contributed by atoms with Crippen LogP contribution in [0.5, 0.6) is 0 Å². The van der Waals surface area contributed by atoms with Crippen LogP contribution >= 0.6 is 23.2 Å². The van der Waals surface area contributed by atoms with Crippen LogP contribution in [0.4, 0.5) is 5.69 Å². The summed E-state index contributed by atoms with van der Waals surface area (Å²) >= 11 is 12.7. The lowest BCUT2D eigenvalue weighted by Crippen LogP contribution is -2.47. The molecular weight excluding hydrogens is 433 g/mol. The lowest BCUT2D eigenvalue weighted by atomic mass is 9.87. The van der Waals surface area contributed by atoms with Crippen molar-refractivity contribution in [1.82, 2.24) is 9.88 Å². The van der Waals surface area contributed by atoms with Gasteiger partial charge in [0, 0.05) is 36.4 Å². The Morgan fingerprint density at radius 3 is 2.29 bits per heavy atom. The number of aromatic nitrogens is 1. The SMILES string of the molecule is COC(=O)C1CCN(C(C)(C)c2ccc(C3CN(c4c(Cl)cccc4Cl)C3)nc2)CC1. The van der Waals surface area contributed by atoms with Crippen molar-refractivity contribution in [2.75, 3.05) is 38.2 Å². The van der Waals surface area contributed by atoms with Crippen LogP contribution in [0.2, 0.25) is 10.0 Å². The summed E-state index contributed by atoms with van der Waals surface area (Å²) in [6.45, 7) is 7.94. The molecule has 2 aliphatic heterocycles. The number of anilines is 1. The average molecular weight is 462 g/mol. The molecule has 0 spiro atoms. The van der Waals surface area contributed by atoms with Crippen LogP contribution in [0.1, 0.15) is 43.9 Å². The van der Waals surface area contributed by atoms with E-state index in [-0.39, 0.29) is 17.4 Å². The van der Waals surface area contributed by atoms with Gasteiger partial charge in [0.1, 0.15) is 0 Å². The van der Waals surface area contributed by atoms with E-state index in [2.05, 4.69) is 35.8 Å². The number of hydrogen-bond acceptors (Lipinski definition) is 5. The molecule has 0 saturated carbocycles. The van der Waals surface area contributed by atoms with E-state index < -0.39 is 0 Å². The molecule has 4 rings (SSSR count). The van der Waals surface area contributed by atoms with Crippen molar-refractivity contribution in [1.29, 1.82) is 0 Å². The minimum atomic E-state index is -0.136. The van der Waals surface area contributed by atoms with Crippen molar-refractivity contribution in [3.8, 4) is 0 Å². The summed E-state index contributed by atoms with van der Waals surface area (Å²) in [6, 6.07) is 9.96. The second kappa shape index (κ2) is 8.97. The second-order valence-electron chi connectivity index (χ2n) is 8.99. The number of likely N-dealkylation sites (tertiary alicyclic amines) is 1. The third kappa shape index (κ3) is 4.41. The first kappa shape index (κ1) is 22.4. The maximum Gasteiger partial charge on any atom is 0.308 e. The van der Waals surface area contributed by atoms with Crippen LogP contribution in [0.25, 0.3) is 0 Å². The summed E-state index contributed by atoms with van der Waals surface area (Å²) in [5, 5.41) is 1.37. The number of pyridine rings is 1. The average Bonchev–Trinajstić information content (AvgIpc) is 2.74. The number of halogens is 2. The highest BCUT2D eigenvalue weighted by atomic mass is 35.5. The fourth-order valence-electron chi connectivity index (χ4n) is 4.67. The molecule has 0 bridgehead atoms. The minimum absolute atomic E-state index is 0.0192. The van der Waals surface area contributed by atoms with Gasteiger partial charge < -0.3 is 9.64 Å². The zero-order valence-electron chi connectivity index (χ0n) is 18.3. The predicted molar refractivity (Wildman–Crippen MR) is 125 cm³/mol. The monoisotopic (exact) mass is 461 g/mol. The van der Waals surface area contributed by atoms with Gasteiger partial charge in [-0.1, -0.05) is 35.3 Å². The minimum Gasteiger partial charge on any atom is -0.469 e. The van der Waals surface area contributed by atoms with Crippen molar-refractivity contribution < 1.29 is 9.53 Å². The molecule has 7 heteroatoms. The number of nitrogens with zero attached hydrogens (tertiary/aromatic N) is 3. The standard InChI is InChI=1S/C24H29Cl2N3O2/c1-24(2,29-11-9-16(10-12-29)23(30)31-3)18-7-8-21(27-13-18)17-14-28(15-17)22-19(25)5-4-6-20(22)26/h4-8,13,16-17H,9-12,14-15H2,1-3H3. The van der Waals surface area contributed by atoms with Crippen molar-refractivity contribution >= 4 is 34.9 Å². The lowest BCUT2D eigenvalue weighted by molar-refractivity contribution is -0.147. The molecule has 2 aliphatic rings. The third-order valence-electron chi connectivity index (χ3n) is 6.87. The van der Waals surface area contributed by atoms with E-state index in [4.69, 9.17) is 32.9 Å². The van der Waals surface area contributed by atoms with Crippen molar-refractivity contribution in [2.24, 2.45) is 5.92 Å². The second-order valence-corrected chi connectivity index (χ2v) is 9.80. The molecule has 166 valence electrons. The molecule has 0 radical (unpaired) electrons. The van der Waals surface area contributed by atoms with Crippen LogP contribution in [-0.4, -0.2) is 49.1 Å². The normalized spacial score (nSPS) is 18.7. The van der Waals surface area contributed by atoms with Gasteiger partial charge in [-0.2, -0.15) is 0 Å². The van der Waals surface area contributed by atoms with Crippen molar-refractivity contribution in [3.05, 3.63) is 57.8 Å². The largest absolute Gasteiger partial charge is 0.469 e. The summed E-state index contributed by atoms with van der Waals surface area (Å²) < 4.78 is 4.91. The molecule has 0 atom stereocenters. The van der Waals surface area contributed by atoms with E-state index in [0.717, 1.165) is 50.4 Å². The summed E-state index contributed by atoms with van der Waals surface area (Å²) in [4.78, 5) is 21.3. The zero-order valence-corrected chi connectivity index (χ0v) is 19.8. The molecule has 1 aromatic carbocycles. The van der Waals surface area contributed by atoms with Gasteiger partial charge in [-0.25, -0.2) is 0 Å². The summed E-state index contributed by atoms with van der Waals surface area (Å²) in [6.07, 6.45) is 3.68. The molecule has 0 unspecified atom stereocenters. The molecule has 0 aliphatic carbocycles. The first-order chi connectivity index (χ1) is 14.8. The summed E-state index contributed by atoms with van der Waals surface area (Å²) in [5.74, 6) is 0.308. The van der Waals surface area contributed by atoms with Crippen LogP contribution in [0.3, 0.4) is 0 Å². The molecule has 0 amide bonds. The third-order valence-corrected chi connectivity index (χ3v) is 7.48.